The summed E-state index contributed by atoms with van der Waals surface area (Å²) in [5, 5.41) is 14.0. The van der Waals surface area contributed by atoms with Crippen molar-refractivity contribution in [1.29, 1.82) is 0 Å². The van der Waals surface area contributed by atoms with E-state index < -0.39 is 0 Å². The highest BCUT2D eigenvalue weighted by Gasteiger charge is 2.19. The molecular weight excluding hydrogens is 246 g/mol. The summed E-state index contributed by atoms with van der Waals surface area (Å²) in [7, 11) is 1.73. The molecule has 0 fully saturated rings. The van der Waals surface area contributed by atoms with Crippen LogP contribution in [0.3, 0.4) is 0 Å². The maximum absolute atomic E-state index is 5.40. The number of hydrogen-bond donors (Lipinski definition) is 1. The standard InChI is InChI=1S/C13H25N3OS/c1-10(2)9-14-7-6-11-15-16-12(18-11)8-13(3,4)17-5/h10,14H,6-9H2,1-5H3. The third kappa shape index (κ3) is 5.89. The highest BCUT2D eigenvalue weighted by molar-refractivity contribution is 7.11. The van der Waals surface area contributed by atoms with E-state index in [0.29, 0.717) is 5.92 Å². The normalized spacial score (nSPS) is 12.3. The molecule has 1 rings (SSSR count). The van der Waals surface area contributed by atoms with Gasteiger partial charge in [-0.15, -0.1) is 21.5 Å². The lowest BCUT2D eigenvalue weighted by Crippen LogP contribution is -2.25. The maximum atomic E-state index is 5.40. The molecule has 18 heavy (non-hydrogen) atoms. The predicted octanol–water partition coefficient (Wildman–Crippen LogP) is 2.29. The van der Waals surface area contributed by atoms with Crippen LogP contribution in [-0.2, 0) is 17.6 Å². The van der Waals surface area contributed by atoms with Crippen molar-refractivity contribution in [3.8, 4) is 0 Å². The molecule has 0 bridgehead atoms. The molecule has 0 unspecified atom stereocenters. The first-order chi connectivity index (χ1) is 8.43. The van der Waals surface area contributed by atoms with E-state index in [1.807, 2.05) is 0 Å². The zero-order valence-corrected chi connectivity index (χ0v) is 12.9. The van der Waals surface area contributed by atoms with Crippen LogP contribution in [0, 0.1) is 5.92 Å². The fourth-order valence-corrected chi connectivity index (χ4v) is 2.54. The second kappa shape index (κ2) is 7.16. The Morgan fingerprint density at radius 1 is 1.28 bits per heavy atom. The van der Waals surface area contributed by atoms with Crippen molar-refractivity contribution in [1.82, 2.24) is 15.5 Å². The minimum Gasteiger partial charge on any atom is -0.378 e. The summed E-state index contributed by atoms with van der Waals surface area (Å²) < 4.78 is 5.40. The van der Waals surface area contributed by atoms with Gasteiger partial charge >= 0.3 is 0 Å². The molecule has 0 atom stereocenters. The van der Waals surface area contributed by atoms with Gasteiger partial charge in [-0.1, -0.05) is 13.8 Å². The molecule has 0 aliphatic rings. The average Bonchev–Trinajstić information content (AvgIpc) is 2.71. The van der Waals surface area contributed by atoms with Crippen LogP contribution in [0.25, 0.3) is 0 Å². The fourth-order valence-electron chi connectivity index (χ4n) is 1.48. The Morgan fingerprint density at radius 2 is 1.94 bits per heavy atom. The van der Waals surface area contributed by atoms with Gasteiger partial charge in [-0.05, 0) is 26.3 Å². The van der Waals surface area contributed by atoms with Gasteiger partial charge in [-0.25, -0.2) is 0 Å². The van der Waals surface area contributed by atoms with Gasteiger partial charge in [-0.2, -0.15) is 0 Å². The van der Waals surface area contributed by atoms with E-state index >= 15 is 0 Å². The summed E-state index contributed by atoms with van der Waals surface area (Å²) in [4.78, 5) is 0. The lowest BCUT2D eigenvalue weighted by molar-refractivity contribution is 0.0230. The first-order valence-corrected chi connectivity index (χ1v) is 7.32. The van der Waals surface area contributed by atoms with Crippen LogP contribution >= 0.6 is 11.3 Å². The van der Waals surface area contributed by atoms with Crippen molar-refractivity contribution < 1.29 is 4.74 Å². The van der Waals surface area contributed by atoms with Crippen LogP contribution in [0.2, 0.25) is 0 Å². The molecule has 0 spiro atoms. The highest BCUT2D eigenvalue weighted by Crippen LogP contribution is 2.19. The van der Waals surface area contributed by atoms with Crippen molar-refractivity contribution in [3.05, 3.63) is 10.0 Å². The van der Waals surface area contributed by atoms with Crippen molar-refractivity contribution in [3.63, 3.8) is 0 Å². The molecule has 0 saturated heterocycles. The van der Waals surface area contributed by atoms with Crippen molar-refractivity contribution in [2.75, 3.05) is 20.2 Å². The predicted molar refractivity (Wildman–Crippen MR) is 76.1 cm³/mol. The zero-order valence-electron chi connectivity index (χ0n) is 12.1. The lowest BCUT2D eigenvalue weighted by atomic mass is 10.1. The summed E-state index contributed by atoms with van der Waals surface area (Å²) in [6.07, 6.45) is 1.78. The third-order valence-electron chi connectivity index (χ3n) is 2.71. The van der Waals surface area contributed by atoms with Gasteiger partial charge in [0.1, 0.15) is 10.0 Å². The SMILES string of the molecule is COC(C)(C)Cc1nnc(CCNCC(C)C)s1. The molecular formula is C13H25N3OS. The number of aromatic nitrogens is 2. The van der Waals surface area contributed by atoms with Gasteiger partial charge in [0.2, 0.25) is 0 Å². The first-order valence-electron chi connectivity index (χ1n) is 6.50. The lowest BCUT2D eigenvalue weighted by Gasteiger charge is -2.20. The molecule has 4 nitrogen and oxygen atoms in total. The topological polar surface area (TPSA) is 47.0 Å². The van der Waals surface area contributed by atoms with Crippen LogP contribution in [0.1, 0.15) is 37.7 Å². The molecule has 0 radical (unpaired) electrons. The molecule has 1 N–H and O–H groups in total. The fraction of sp³-hybridized carbons (Fsp3) is 0.846. The Labute approximate surface area is 114 Å². The van der Waals surface area contributed by atoms with Gasteiger partial charge in [0.05, 0.1) is 5.60 Å². The smallest absolute Gasteiger partial charge is 0.120 e. The second-order valence-electron chi connectivity index (χ2n) is 5.58. The molecule has 0 aliphatic carbocycles. The van der Waals surface area contributed by atoms with Crippen molar-refractivity contribution in [2.24, 2.45) is 5.92 Å². The van der Waals surface area contributed by atoms with Gasteiger partial charge in [-0.3, -0.25) is 0 Å². The van der Waals surface area contributed by atoms with E-state index in [-0.39, 0.29) is 5.60 Å². The Morgan fingerprint density at radius 3 is 2.56 bits per heavy atom. The van der Waals surface area contributed by atoms with E-state index in [9.17, 15) is 0 Å². The summed E-state index contributed by atoms with van der Waals surface area (Å²) in [5.41, 5.74) is -0.160. The average molecular weight is 271 g/mol. The summed E-state index contributed by atoms with van der Waals surface area (Å²) in [6, 6.07) is 0. The molecule has 0 amide bonds. The van der Waals surface area contributed by atoms with Gasteiger partial charge < -0.3 is 10.1 Å². The highest BCUT2D eigenvalue weighted by atomic mass is 32.1. The van der Waals surface area contributed by atoms with Gasteiger partial charge in [0, 0.05) is 26.5 Å². The first kappa shape index (κ1) is 15.5. The van der Waals surface area contributed by atoms with E-state index in [1.165, 1.54) is 0 Å². The second-order valence-corrected chi connectivity index (χ2v) is 6.72. The molecule has 1 aromatic heterocycles. The number of methoxy groups -OCH3 is 1. The largest absolute Gasteiger partial charge is 0.378 e. The van der Waals surface area contributed by atoms with E-state index in [1.54, 1.807) is 18.4 Å². The molecule has 0 saturated carbocycles. The van der Waals surface area contributed by atoms with E-state index in [2.05, 4.69) is 43.2 Å². The van der Waals surface area contributed by atoms with E-state index in [0.717, 1.165) is 35.9 Å². The Hall–Kier alpha value is -0.520. The molecule has 5 heteroatoms. The zero-order chi connectivity index (χ0) is 13.6. The quantitative estimate of drug-likeness (QED) is 0.737. The maximum Gasteiger partial charge on any atom is 0.120 e. The summed E-state index contributed by atoms with van der Waals surface area (Å²) in [6.45, 7) is 10.6. The van der Waals surface area contributed by atoms with Crippen molar-refractivity contribution >= 4 is 11.3 Å². The van der Waals surface area contributed by atoms with Crippen LogP contribution < -0.4 is 5.32 Å². The van der Waals surface area contributed by atoms with Gasteiger partial charge in [0.15, 0.2) is 0 Å². The summed E-state index contributed by atoms with van der Waals surface area (Å²) >= 11 is 1.69. The Bertz CT molecular complexity index is 350. The van der Waals surface area contributed by atoms with Crippen molar-refractivity contribution in [2.45, 2.75) is 46.1 Å². The summed E-state index contributed by atoms with van der Waals surface area (Å²) in [5.74, 6) is 0.692. The molecule has 0 aromatic carbocycles. The molecule has 104 valence electrons. The number of hydrogen-bond acceptors (Lipinski definition) is 5. The van der Waals surface area contributed by atoms with Crippen LogP contribution in [0.4, 0.5) is 0 Å². The molecule has 1 aromatic rings. The number of nitrogens with zero attached hydrogens (tertiary/aromatic N) is 2. The Balaban J connectivity index is 2.34. The number of ether oxygens (including phenoxy) is 1. The van der Waals surface area contributed by atoms with Crippen LogP contribution in [-0.4, -0.2) is 36.0 Å². The van der Waals surface area contributed by atoms with E-state index in [4.69, 9.17) is 4.74 Å². The third-order valence-corrected chi connectivity index (χ3v) is 3.69. The minimum absolute atomic E-state index is 0.160. The monoisotopic (exact) mass is 271 g/mol. The van der Waals surface area contributed by atoms with Gasteiger partial charge in [0.25, 0.3) is 0 Å². The minimum atomic E-state index is -0.160. The number of rotatable bonds is 8. The van der Waals surface area contributed by atoms with Crippen LogP contribution in [0.5, 0.6) is 0 Å². The Kier molecular flexibility index (Phi) is 6.18. The van der Waals surface area contributed by atoms with Crippen LogP contribution in [0.15, 0.2) is 0 Å². The molecule has 1 heterocycles. The molecule has 0 aliphatic heterocycles. The number of nitrogens with one attached hydrogen (secondary N) is 1.